The fourth-order valence-corrected chi connectivity index (χ4v) is 2.99. The van der Waals surface area contributed by atoms with Gasteiger partial charge in [-0.3, -0.25) is 0 Å². The zero-order valence-corrected chi connectivity index (χ0v) is 5.87. The molecule has 0 radical (unpaired) electrons. The summed E-state index contributed by atoms with van der Waals surface area (Å²) in [7, 11) is 0. The third kappa shape index (κ3) is 0.594. The van der Waals surface area contributed by atoms with Gasteiger partial charge in [0.2, 0.25) is 0 Å². The van der Waals surface area contributed by atoms with Gasteiger partial charge in [0.05, 0.1) is 5.37 Å². The molecule has 8 heavy (non-hydrogen) atoms. The van der Waals surface area contributed by atoms with Crippen LogP contribution in [0.5, 0.6) is 0 Å². The van der Waals surface area contributed by atoms with Crippen LogP contribution < -0.4 is 5.32 Å². The van der Waals surface area contributed by atoms with Crippen molar-refractivity contribution < 1.29 is 0 Å². The van der Waals surface area contributed by atoms with Crippen molar-refractivity contribution in [1.29, 1.82) is 0 Å². The minimum Gasteiger partial charge on any atom is -0.301 e. The average molecular weight is 129 g/mol. The first-order valence-electron chi connectivity index (χ1n) is 3.24. The molecule has 3 atom stereocenters. The minimum atomic E-state index is 0.806. The van der Waals surface area contributed by atoms with E-state index >= 15 is 0 Å². The zero-order chi connectivity index (χ0) is 5.56. The van der Waals surface area contributed by atoms with Crippen molar-refractivity contribution in [3.63, 3.8) is 0 Å². The summed E-state index contributed by atoms with van der Waals surface area (Å²) in [6.45, 7) is 2.34. The van der Waals surface area contributed by atoms with Gasteiger partial charge in [0.15, 0.2) is 0 Å². The van der Waals surface area contributed by atoms with E-state index < -0.39 is 0 Å². The van der Waals surface area contributed by atoms with Gasteiger partial charge in [0.25, 0.3) is 0 Å². The van der Waals surface area contributed by atoms with E-state index in [0.717, 1.165) is 17.3 Å². The number of hydrogen-bond donors (Lipinski definition) is 1. The Hall–Kier alpha value is 0.310. The standard InChI is InChI=1S/C6H11NS/c1-4-2-5-3-8-6(4)7-5/h4-7H,2-3H2,1H3/t4-,5?,6?/m1/s1. The number of fused-ring (bicyclic) bond motifs is 2. The fraction of sp³-hybridized carbons (Fsp3) is 1.00. The van der Waals surface area contributed by atoms with Crippen LogP contribution in [-0.2, 0) is 0 Å². The molecule has 0 aromatic rings. The third-order valence-electron chi connectivity index (χ3n) is 2.05. The number of rotatable bonds is 0. The highest BCUT2D eigenvalue weighted by Gasteiger charge is 2.36. The molecule has 2 rings (SSSR count). The van der Waals surface area contributed by atoms with E-state index in [2.05, 4.69) is 24.0 Å². The van der Waals surface area contributed by atoms with Gasteiger partial charge >= 0.3 is 0 Å². The largest absolute Gasteiger partial charge is 0.301 e. The summed E-state index contributed by atoms with van der Waals surface area (Å²) in [5.41, 5.74) is 0. The smallest absolute Gasteiger partial charge is 0.0561 e. The van der Waals surface area contributed by atoms with E-state index in [1.807, 2.05) is 0 Å². The van der Waals surface area contributed by atoms with Gasteiger partial charge in [-0.25, -0.2) is 0 Å². The van der Waals surface area contributed by atoms with Crippen molar-refractivity contribution in [3.05, 3.63) is 0 Å². The van der Waals surface area contributed by atoms with Crippen molar-refractivity contribution in [3.8, 4) is 0 Å². The molecule has 2 aliphatic heterocycles. The Bertz CT molecular complexity index is 103. The summed E-state index contributed by atoms with van der Waals surface area (Å²) in [5, 5.41) is 4.35. The maximum absolute atomic E-state index is 3.54. The van der Waals surface area contributed by atoms with Crippen LogP contribution in [0.2, 0.25) is 0 Å². The molecule has 0 aromatic heterocycles. The van der Waals surface area contributed by atoms with E-state index in [1.54, 1.807) is 0 Å². The molecule has 0 aromatic carbocycles. The SMILES string of the molecule is C[C@@H]1CC2CSC1N2. The highest BCUT2D eigenvalue weighted by molar-refractivity contribution is 8.00. The molecule has 0 aliphatic carbocycles. The van der Waals surface area contributed by atoms with Crippen LogP contribution in [-0.4, -0.2) is 17.2 Å². The van der Waals surface area contributed by atoms with Gasteiger partial charge in [-0.05, 0) is 12.3 Å². The summed E-state index contributed by atoms with van der Waals surface area (Å²) in [5.74, 6) is 2.29. The Kier molecular flexibility index (Phi) is 1.05. The Morgan fingerprint density at radius 3 is 2.75 bits per heavy atom. The number of nitrogens with one attached hydrogen (secondary N) is 1. The summed E-state index contributed by atoms with van der Waals surface area (Å²) < 4.78 is 0. The monoisotopic (exact) mass is 129 g/mol. The fourth-order valence-electron chi connectivity index (χ4n) is 1.59. The van der Waals surface area contributed by atoms with Crippen LogP contribution in [0.3, 0.4) is 0 Å². The lowest BCUT2D eigenvalue weighted by Crippen LogP contribution is -2.19. The van der Waals surface area contributed by atoms with Crippen molar-refractivity contribution in [2.24, 2.45) is 5.92 Å². The van der Waals surface area contributed by atoms with Gasteiger partial charge in [-0.15, -0.1) is 11.8 Å². The van der Waals surface area contributed by atoms with Crippen LogP contribution >= 0.6 is 11.8 Å². The topological polar surface area (TPSA) is 12.0 Å². The zero-order valence-electron chi connectivity index (χ0n) is 5.05. The molecule has 0 saturated carbocycles. The summed E-state index contributed by atoms with van der Waals surface area (Å²) in [4.78, 5) is 0. The van der Waals surface area contributed by atoms with Crippen LogP contribution in [0.25, 0.3) is 0 Å². The van der Waals surface area contributed by atoms with Gasteiger partial charge in [-0.2, -0.15) is 0 Å². The molecule has 46 valence electrons. The first-order valence-corrected chi connectivity index (χ1v) is 4.29. The maximum Gasteiger partial charge on any atom is 0.0561 e. The predicted molar refractivity (Wildman–Crippen MR) is 37.0 cm³/mol. The molecule has 2 unspecified atom stereocenters. The van der Waals surface area contributed by atoms with Gasteiger partial charge in [-0.1, -0.05) is 6.92 Å². The van der Waals surface area contributed by atoms with Crippen molar-refractivity contribution in [2.75, 3.05) is 5.75 Å². The van der Waals surface area contributed by atoms with E-state index in [4.69, 9.17) is 0 Å². The van der Waals surface area contributed by atoms with Gasteiger partial charge in [0.1, 0.15) is 0 Å². The lowest BCUT2D eigenvalue weighted by molar-refractivity contribution is 0.597. The highest BCUT2D eigenvalue weighted by Crippen LogP contribution is 2.36. The third-order valence-corrected chi connectivity index (χ3v) is 3.60. The van der Waals surface area contributed by atoms with E-state index in [9.17, 15) is 0 Å². The predicted octanol–water partition coefficient (Wildman–Crippen LogP) is 1.06. The maximum atomic E-state index is 3.54. The Balaban J connectivity index is 2.11. The van der Waals surface area contributed by atoms with Crippen LogP contribution in [0, 0.1) is 5.92 Å². The molecular weight excluding hydrogens is 118 g/mol. The Morgan fingerprint density at radius 2 is 2.50 bits per heavy atom. The first-order chi connectivity index (χ1) is 3.86. The number of hydrogen-bond acceptors (Lipinski definition) is 2. The van der Waals surface area contributed by atoms with E-state index in [1.165, 1.54) is 12.2 Å². The molecule has 2 saturated heterocycles. The summed E-state index contributed by atoms with van der Waals surface area (Å²) in [6.07, 6.45) is 1.41. The van der Waals surface area contributed by atoms with Crippen molar-refractivity contribution >= 4 is 11.8 Å². The average Bonchev–Trinajstić information content (AvgIpc) is 2.23. The number of thioether (sulfide) groups is 1. The molecule has 1 nitrogen and oxygen atoms in total. The van der Waals surface area contributed by atoms with E-state index in [0.29, 0.717) is 0 Å². The second kappa shape index (κ2) is 1.64. The first kappa shape index (κ1) is 5.12. The second-order valence-corrected chi connectivity index (χ2v) is 4.01. The van der Waals surface area contributed by atoms with Crippen LogP contribution in [0.4, 0.5) is 0 Å². The molecule has 2 aliphatic rings. The lowest BCUT2D eigenvalue weighted by atomic mass is 10.1. The van der Waals surface area contributed by atoms with Gasteiger partial charge < -0.3 is 5.32 Å². The van der Waals surface area contributed by atoms with Crippen molar-refractivity contribution in [2.45, 2.75) is 24.8 Å². The Labute approximate surface area is 54.2 Å². The molecular formula is C6H11NS. The molecule has 2 bridgehead atoms. The minimum absolute atomic E-state index is 0.806. The van der Waals surface area contributed by atoms with Gasteiger partial charge in [0, 0.05) is 11.8 Å². The molecule has 1 N–H and O–H groups in total. The summed E-state index contributed by atoms with van der Waals surface area (Å²) >= 11 is 2.09. The molecule has 0 amide bonds. The highest BCUT2D eigenvalue weighted by atomic mass is 32.2. The van der Waals surface area contributed by atoms with E-state index in [-0.39, 0.29) is 0 Å². The van der Waals surface area contributed by atoms with Crippen molar-refractivity contribution in [1.82, 2.24) is 5.32 Å². The normalized spacial score (nSPS) is 52.9. The van der Waals surface area contributed by atoms with Crippen LogP contribution in [0.15, 0.2) is 0 Å². The second-order valence-electron chi connectivity index (χ2n) is 2.83. The molecule has 2 heteroatoms. The lowest BCUT2D eigenvalue weighted by Gasteiger charge is -2.12. The Morgan fingerprint density at radius 1 is 1.62 bits per heavy atom. The molecule has 2 heterocycles. The van der Waals surface area contributed by atoms with Crippen LogP contribution in [0.1, 0.15) is 13.3 Å². The summed E-state index contributed by atoms with van der Waals surface area (Å²) in [6, 6.07) is 0.861. The molecule has 0 spiro atoms. The quantitative estimate of drug-likeness (QED) is 0.525. The molecule has 2 fully saturated rings.